The van der Waals surface area contributed by atoms with Crippen LogP contribution in [0, 0.1) is 11.7 Å². The van der Waals surface area contributed by atoms with E-state index in [1.165, 1.54) is 24.3 Å². The standard InChI is InChI=1S/C28H31ClF3N3O5/c1-2-3-10-23(26(38)34-22(16-36)14-18-11-12-33-25(18)37)35-27(39)40-24(17-6-4-9-21(30)13-17)28(31,32)19-7-5-8-20(29)15-19/h4-9,13,15-16,18,22-24H,2-3,10-12,14H2,1H3,(H,33,37)(H,34,38)(H,35,39)/t18-,22-,23-,24+/m0/s1. The van der Waals surface area contributed by atoms with Crippen LogP contribution in [0.4, 0.5) is 18.0 Å². The molecule has 3 rings (SSSR count). The van der Waals surface area contributed by atoms with Crippen molar-refractivity contribution in [3.8, 4) is 0 Å². The van der Waals surface area contributed by atoms with E-state index in [0.29, 0.717) is 32.1 Å². The van der Waals surface area contributed by atoms with E-state index in [1.807, 2.05) is 6.92 Å². The molecule has 1 aliphatic rings. The van der Waals surface area contributed by atoms with Crippen molar-refractivity contribution in [3.63, 3.8) is 0 Å². The maximum absolute atomic E-state index is 15.7. The molecule has 0 bridgehead atoms. The minimum Gasteiger partial charge on any atom is -0.434 e. The molecule has 3 amide bonds. The van der Waals surface area contributed by atoms with Crippen LogP contribution in [-0.4, -0.2) is 42.8 Å². The van der Waals surface area contributed by atoms with E-state index >= 15 is 8.78 Å². The minimum absolute atomic E-state index is 0.0238. The lowest BCUT2D eigenvalue weighted by Crippen LogP contribution is -2.51. The molecule has 2 aromatic carbocycles. The van der Waals surface area contributed by atoms with Gasteiger partial charge in [-0.3, -0.25) is 9.59 Å². The van der Waals surface area contributed by atoms with Crippen LogP contribution in [0.1, 0.15) is 56.3 Å². The highest BCUT2D eigenvalue weighted by molar-refractivity contribution is 6.30. The van der Waals surface area contributed by atoms with E-state index in [9.17, 15) is 23.6 Å². The summed E-state index contributed by atoms with van der Waals surface area (Å²) in [6, 6.07) is 6.87. The number of benzene rings is 2. The number of rotatable bonds is 13. The fourth-order valence-corrected chi connectivity index (χ4v) is 4.63. The van der Waals surface area contributed by atoms with Crippen LogP contribution in [0.3, 0.4) is 0 Å². The molecule has 4 atom stereocenters. The van der Waals surface area contributed by atoms with Gasteiger partial charge in [0.05, 0.1) is 6.04 Å². The van der Waals surface area contributed by atoms with Crippen molar-refractivity contribution in [3.05, 3.63) is 70.5 Å². The van der Waals surface area contributed by atoms with Crippen molar-refractivity contribution in [2.45, 2.75) is 63.1 Å². The van der Waals surface area contributed by atoms with Crippen LogP contribution in [-0.2, 0) is 25.0 Å². The molecule has 12 heteroatoms. The Labute approximate surface area is 235 Å². The smallest absolute Gasteiger partial charge is 0.408 e. The molecule has 8 nitrogen and oxygen atoms in total. The molecule has 0 radical (unpaired) electrons. The van der Waals surface area contributed by atoms with E-state index < -0.39 is 53.4 Å². The Bertz CT molecular complexity index is 1220. The topological polar surface area (TPSA) is 114 Å². The zero-order chi connectivity index (χ0) is 29.3. The first-order valence-electron chi connectivity index (χ1n) is 12.9. The first kappa shape index (κ1) is 30.9. The van der Waals surface area contributed by atoms with E-state index in [0.717, 1.165) is 24.3 Å². The fourth-order valence-electron chi connectivity index (χ4n) is 4.44. The summed E-state index contributed by atoms with van der Waals surface area (Å²) in [5, 5.41) is 7.51. The summed E-state index contributed by atoms with van der Waals surface area (Å²) in [7, 11) is 0. The summed E-state index contributed by atoms with van der Waals surface area (Å²) in [6.45, 7) is 2.33. The SMILES string of the molecule is CCCC[C@H](NC(=O)O[C@H](c1cccc(F)c1)C(F)(F)c1cccc(Cl)c1)C(=O)N[C@H](C=O)C[C@@H]1CCNC1=O. The van der Waals surface area contributed by atoms with Crippen molar-refractivity contribution in [2.24, 2.45) is 5.92 Å². The highest BCUT2D eigenvalue weighted by Gasteiger charge is 2.46. The van der Waals surface area contributed by atoms with E-state index in [1.54, 1.807) is 0 Å². The average molecular weight is 582 g/mol. The number of alkyl carbamates (subject to hydrolysis) is 1. The molecule has 0 aliphatic carbocycles. The number of hydrogen-bond donors (Lipinski definition) is 3. The van der Waals surface area contributed by atoms with E-state index in [-0.39, 0.29) is 29.3 Å². The van der Waals surface area contributed by atoms with Gasteiger partial charge in [0.2, 0.25) is 11.8 Å². The number of alkyl halides is 2. The summed E-state index contributed by atoms with van der Waals surface area (Å²) in [5.74, 6) is -6.03. The van der Waals surface area contributed by atoms with Crippen molar-refractivity contribution in [1.82, 2.24) is 16.0 Å². The summed E-state index contributed by atoms with van der Waals surface area (Å²) < 4.78 is 50.5. The molecule has 1 heterocycles. The number of carbonyl (C=O) groups excluding carboxylic acids is 4. The second kappa shape index (κ2) is 14.2. The monoisotopic (exact) mass is 581 g/mol. The Hall–Kier alpha value is -3.60. The van der Waals surface area contributed by atoms with E-state index in [4.69, 9.17) is 16.3 Å². The van der Waals surface area contributed by atoms with Crippen molar-refractivity contribution in [1.29, 1.82) is 0 Å². The van der Waals surface area contributed by atoms with Crippen molar-refractivity contribution >= 4 is 35.8 Å². The molecule has 1 saturated heterocycles. The second-order valence-electron chi connectivity index (χ2n) is 9.58. The van der Waals surface area contributed by atoms with Gasteiger partial charge in [-0.2, -0.15) is 8.78 Å². The van der Waals surface area contributed by atoms with Crippen molar-refractivity contribution in [2.75, 3.05) is 6.54 Å². The zero-order valence-electron chi connectivity index (χ0n) is 21.8. The van der Waals surface area contributed by atoms with Gasteiger partial charge < -0.3 is 25.5 Å². The quantitative estimate of drug-likeness (QED) is 0.294. The third kappa shape index (κ3) is 8.20. The average Bonchev–Trinajstić information content (AvgIpc) is 3.32. The van der Waals surface area contributed by atoms with Gasteiger partial charge in [0.25, 0.3) is 0 Å². The predicted octanol–water partition coefficient (Wildman–Crippen LogP) is 4.81. The second-order valence-corrected chi connectivity index (χ2v) is 10.0. The van der Waals surface area contributed by atoms with E-state index in [2.05, 4.69) is 16.0 Å². The van der Waals surface area contributed by atoms with Crippen LogP contribution in [0.5, 0.6) is 0 Å². The third-order valence-corrected chi connectivity index (χ3v) is 6.80. The van der Waals surface area contributed by atoms with Crippen LogP contribution >= 0.6 is 11.6 Å². The van der Waals surface area contributed by atoms with Gasteiger partial charge in [-0.1, -0.05) is 55.6 Å². The van der Waals surface area contributed by atoms with Gasteiger partial charge in [-0.15, -0.1) is 0 Å². The van der Waals surface area contributed by atoms with Gasteiger partial charge >= 0.3 is 12.0 Å². The molecule has 1 aliphatic heterocycles. The molecular weight excluding hydrogens is 551 g/mol. The number of amides is 3. The normalized spacial score (nSPS) is 17.3. The molecule has 3 N–H and O–H groups in total. The predicted molar refractivity (Wildman–Crippen MR) is 141 cm³/mol. The van der Waals surface area contributed by atoms with Gasteiger partial charge in [-0.05, 0) is 43.5 Å². The van der Waals surface area contributed by atoms with Crippen LogP contribution in [0.25, 0.3) is 0 Å². The number of carbonyl (C=O) groups is 4. The largest absolute Gasteiger partial charge is 0.434 e. The van der Waals surface area contributed by atoms with Crippen LogP contribution < -0.4 is 16.0 Å². The zero-order valence-corrected chi connectivity index (χ0v) is 22.6. The number of hydrogen-bond acceptors (Lipinski definition) is 5. The molecule has 0 unspecified atom stereocenters. The Kier molecular flexibility index (Phi) is 10.9. The molecule has 216 valence electrons. The molecule has 0 spiro atoms. The Morgan fingerprint density at radius 1 is 1.20 bits per heavy atom. The van der Waals surface area contributed by atoms with Gasteiger partial charge in [0, 0.05) is 28.6 Å². The Morgan fingerprint density at radius 2 is 1.95 bits per heavy atom. The number of halogens is 4. The van der Waals surface area contributed by atoms with Gasteiger partial charge in [0.15, 0.2) is 6.10 Å². The molecular formula is C28H31ClF3N3O5. The summed E-state index contributed by atoms with van der Waals surface area (Å²) in [4.78, 5) is 49.4. The lowest BCUT2D eigenvalue weighted by molar-refractivity contribution is -0.129. The van der Waals surface area contributed by atoms with Crippen molar-refractivity contribution < 1.29 is 37.1 Å². The van der Waals surface area contributed by atoms with Crippen LogP contribution in [0.15, 0.2) is 48.5 Å². The number of aldehydes is 1. The lowest BCUT2D eigenvalue weighted by atomic mass is 9.97. The first-order valence-corrected chi connectivity index (χ1v) is 13.3. The number of nitrogens with one attached hydrogen (secondary N) is 3. The fraction of sp³-hybridized carbons (Fsp3) is 0.429. The highest BCUT2D eigenvalue weighted by Crippen LogP contribution is 2.43. The molecule has 40 heavy (non-hydrogen) atoms. The van der Waals surface area contributed by atoms with Gasteiger partial charge in [0.1, 0.15) is 18.1 Å². The van der Waals surface area contributed by atoms with Gasteiger partial charge in [-0.25, -0.2) is 9.18 Å². The molecule has 0 saturated carbocycles. The number of unbranched alkanes of at least 4 members (excludes halogenated alkanes) is 1. The Balaban J connectivity index is 1.79. The highest BCUT2D eigenvalue weighted by atomic mass is 35.5. The minimum atomic E-state index is -3.83. The summed E-state index contributed by atoms with van der Waals surface area (Å²) >= 11 is 5.89. The number of ether oxygens (including phenoxy) is 1. The lowest BCUT2D eigenvalue weighted by Gasteiger charge is -2.29. The Morgan fingerprint density at radius 3 is 2.58 bits per heavy atom. The molecule has 0 aromatic heterocycles. The summed E-state index contributed by atoms with van der Waals surface area (Å²) in [6.07, 6.45) is -1.23. The summed E-state index contributed by atoms with van der Waals surface area (Å²) in [5.41, 5.74) is -0.877. The molecule has 2 aromatic rings. The van der Waals surface area contributed by atoms with Crippen LogP contribution in [0.2, 0.25) is 5.02 Å². The first-order chi connectivity index (χ1) is 19.0. The third-order valence-electron chi connectivity index (χ3n) is 6.56. The maximum atomic E-state index is 15.7. The molecule has 1 fully saturated rings. The maximum Gasteiger partial charge on any atom is 0.408 e.